The Bertz CT molecular complexity index is 180. The van der Waals surface area contributed by atoms with E-state index in [9.17, 15) is 4.79 Å². The summed E-state index contributed by atoms with van der Waals surface area (Å²) in [7, 11) is 0. The monoisotopic (exact) mass is 199 g/mol. The molecule has 0 aromatic rings. The number of primary amides is 1. The minimum Gasteiger partial charge on any atom is -0.350 e. The number of hydrogen-bond donors (Lipinski definition) is 2. The minimum atomic E-state index is -0.588. The van der Waals surface area contributed by atoms with Gasteiger partial charge in [0.1, 0.15) is 0 Å². The van der Waals surface area contributed by atoms with Gasteiger partial charge < -0.3 is 5.73 Å². The summed E-state index contributed by atoms with van der Waals surface area (Å²) in [6.07, 6.45) is 6.42. The van der Waals surface area contributed by atoms with Crippen molar-refractivity contribution in [1.29, 1.82) is 0 Å². The maximum atomic E-state index is 10.5. The number of hydrogen-bond acceptors (Lipinski definition) is 2. The molecule has 14 heavy (non-hydrogen) atoms. The van der Waals surface area contributed by atoms with Gasteiger partial charge in [0.25, 0.3) is 0 Å². The van der Waals surface area contributed by atoms with Crippen LogP contribution in [0.15, 0.2) is 5.10 Å². The standard InChI is InChI=1S/C10H21N3O/c1-3-5-7-9(8-6-4-2)12-13-10(11)14/h3-8H2,1-2H3,(H3,11,13,14). The summed E-state index contributed by atoms with van der Waals surface area (Å²) in [5, 5.41) is 3.99. The molecule has 0 radical (unpaired) electrons. The highest BCUT2D eigenvalue weighted by Crippen LogP contribution is 2.04. The van der Waals surface area contributed by atoms with Gasteiger partial charge in [-0.1, -0.05) is 26.7 Å². The number of carbonyl (C=O) groups excluding carboxylic acids is 1. The molecule has 0 aromatic carbocycles. The van der Waals surface area contributed by atoms with Crippen LogP contribution in [0.5, 0.6) is 0 Å². The molecule has 0 aliphatic carbocycles. The third-order valence-electron chi connectivity index (χ3n) is 1.96. The Hall–Kier alpha value is -1.06. The summed E-state index contributed by atoms with van der Waals surface area (Å²) in [4.78, 5) is 10.5. The quantitative estimate of drug-likeness (QED) is 0.480. The van der Waals surface area contributed by atoms with E-state index in [4.69, 9.17) is 5.73 Å². The van der Waals surface area contributed by atoms with Gasteiger partial charge in [0.15, 0.2) is 0 Å². The first-order chi connectivity index (χ1) is 6.70. The molecule has 0 saturated carbocycles. The van der Waals surface area contributed by atoms with Crippen molar-refractivity contribution < 1.29 is 4.79 Å². The van der Waals surface area contributed by atoms with Crippen molar-refractivity contribution in [2.45, 2.75) is 52.4 Å². The predicted molar refractivity (Wildman–Crippen MR) is 59.2 cm³/mol. The summed E-state index contributed by atoms with van der Waals surface area (Å²) in [5.74, 6) is 0. The second-order valence-electron chi connectivity index (χ2n) is 3.36. The third-order valence-corrected chi connectivity index (χ3v) is 1.96. The van der Waals surface area contributed by atoms with Gasteiger partial charge in [-0.25, -0.2) is 10.2 Å². The second kappa shape index (κ2) is 8.53. The molecule has 0 heterocycles. The number of hydrazone groups is 1. The molecule has 0 saturated heterocycles. The van der Waals surface area contributed by atoms with E-state index in [0.717, 1.165) is 44.2 Å². The van der Waals surface area contributed by atoms with Gasteiger partial charge in [-0.3, -0.25) is 0 Å². The Labute approximate surface area is 85.9 Å². The Balaban J connectivity index is 3.94. The molecule has 4 heteroatoms. The van der Waals surface area contributed by atoms with Gasteiger partial charge >= 0.3 is 6.03 Å². The first-order valence-electron chi connectivity index (χ1n) is 5.31. The van der Waals surface area contributed by atoms with E-state index in [-0.39, 0.29) is 0 Å². The van der Waals surface area contributed by atoms with Crippen LogP contribution in [0.2, 0.25) is 0 Å². The smallest absolute Gasteiger partial charge is 0.332 e. The van der Waals surface area contributed by atoms with Crippen molar-refractivity contribution in [1.82, 2.24) is 5.43 Å². The van der Waals surface area contributed by atoms with Gasteiger partial charge in [0.05, 0.1) is 0 Å². The van der Waals surface area contributed by atoms with Crippen LogP contribution in [-0.4, -0.2) is 11.7 Å². The second-order valence-corrected chi connectivity index (χ2v) is 3.36. The average molecular weight is 199 g/mol. The van der Waals surface area contributed by atoms with E-state index < -0.39 is 6.03 Å². The molecule has 0 rings (SSSR count). The molecule has 3 N–H and O–H groups in total. The van der Waals surface area contributed by atoms with Crippen molar-refractivity contribution in [3.05, 3.63) is 0 Å². The van der Waals surface area contributed by atoms with E-state index in [1.807, 2.05) is 0 Å². The molecule has 0 spiro atoms. The third kappa shape index (κ3) is 7.58. The first kappa shape index (κ1) is 12.9. The largest absolute Gasteiger partial charge is 0.350 e. The first-order valence-corrected chi connectivity index (χ1v) is 5.31. The highest BCUT2D eigenvalue weighted by molar-refractivity contribution is 5.85. The molecule has 0 fully saturated rings. The van der Waals surface area contributed by atoms with E-state index in [2.05, 4.69) is 24.4 Å². The molecule has 0 bridgehead atoms. The zero-order valence-electron chi connectivity index (χ0n) is 9.18. The van der Waals surface area contributed by atoms with Gasteiger partial charge in [-0.05, 0) is 25.7 Å². The molecule has 0 unspecified atom stereocenters. The normalized spacial score (nSPS) is 9.57. The Morgan fingerprint density at radius 3 is 2.07 bits per heavy atom. The Morgan fingerprint density at radius 1 is 1.21 bits per heavy atom. The lowest BCUT2D eigenvalue weighted by atomic mass is 10.1. The Kier molecular flexibility index (Phi) is 7.89. The molecule has 4 nitrogen and oxygen atoms in total. The molecular weight excluding hydrogens is 178 g/mol. The maximum absolute atomic E-state index is 10.5. The maximum Gasteiger partial charge on any atom is 0.332 e. The van der Waals surface area contributed by atoms with Crippen molar-refractivity contribution in [2.24, 2.45) is 10.8 Å². The lowest BCUT2D eigenvalue weighted by Crippen LogP contribution is -2.25. The van der Waals surface area contributed by atoms with Crippen molar-refractivity contribution in [3.63, 3.8) is 0 Å². The van der Waals surface area contributed by atoms with Gasteiger partial charge in [-0.2, -0.15) is 5.10 Å². The molecule has 0 aliphatic rings. The highest BCUT2D eigenvalue weighted by Gasteiger charge is 1.99. The minimum absolute atomic E-state index is 0.588. The number of urea groups is 1. The number of nitrogens with two attached hydrogens (primary N) is 1. The van der Waals surface area contributed by atoms with Crippen LogP contribution in [0.1, 0.15) is 52.4 Å². The molecule has 0 atom stereocenters. The summed E-state index contributed by atoms with van der Waals surface area (Å²) < 4.78 is 0. The lowest BCUT2D eigenvalue weighted by Gasteiger charge is -2.04. The van der Waals surface area contributed by atoms with Crippen LogP contribution in [0.3, 0.4) is 0 Å². The van der Waals surface area contributed by atoms with Crippen molar-refractivity contribution in [3.8, 4) is 0 Å². The van der Waals surface area contributed by atoms with Crippen LogP contribution < -0.4 is 11.2 Å². The van der Waals surface area contributed by atoms with Crippen LogP contribution >= 0.6 is 0 Å². The summed E-state index contributed by atoms with van der Waals surface area (Å²) in [5.41, 5.74) is 8.28. The lowest BCUT2D eigenvalue weighted by molar-refractivity contribution is 0.249. The number of rotatable bonds is 7. The van der Waals surface area contributed by atoms with E-state index in [0.29, 0.717) is 0 Å². The number of carbonyl (C=O) groups is 1. The fourth-order valence-electron chi connectivity index (χ4n) is 1.13. The number of amides is 2. The molecular formula is C10H21N3O. The van der Waals surface area contributed by atoms with E-state index in [1.165, 1.54) is 0 Å². The van der Waals surface area contributed by atoms with Gasteiger partial charge in [-0.15, -0.1) is 0 Å². The topological polar surface area (TPSA) is 67.5 Å². The molecule has 0 aromatic heterocycles. The molecule has 2 amide bonds. The number of nitrogens with zero attached hydrogens (tertiary/aromatic N) is 1. The predicted octanol–water partition coefficient (Wildman–Crippen LogP) is 2.39. The van der Waals surface area contributed by atoms with Crippen LogP contribution in [-0.2, 0) is 0 Å². The SMILES string of the molecule is CCCCC(CCCC)=NNC(N)=O. The Morgan fingerprint density at radius 2 is 1.71 bits per heavy atom. The van der Waals surface area contributed by atoms with E-state index >= 15 is 0 Å². The highest BCUT2D eigenvalue weighted by atomic mass is 16.2. The summed E-state index contributed by atoms with van der Waals surface area (Å²) >= 11 is 0. The number of unbranched alkanes of at least 4 members (excludes halogenated alkanes) is 2. The molecule has 0 aliphatic heterocycles. The van der Waals surface area contributed by atoms with Gasteiger partial charge in [0.2, 0.25) is 0 Å². The average Bonchev–Trinajstić information content (AvgIpc) is 2.16. The van der Waals surface area contributed by atoms with E-state index in [1.54, 1.807) is 0 Å². The van der Waals surface area contributed by atoms with Gasteiger partial charge in [0, 0.05) is 5.71 Å². The fourth-order valence-corrected chi connectivity index (χ4v) is 1.13. The summed E-state index contributed by atoms with van der Waals surface area (Å²) in [6, 6.07) is -0.588. The van der Waals surface area contributed by atoms with Crippen LogP contribution in [0.4, 0.5) is 4.79 Å². The van der Waals surface area contributed by atoms with Crippen LogP contribution in [0.25, 0.3) is 0 Å². The van der Waals surface area contributed by atoms with Crippen molar-refractivity contribution in [2.75, 3.05) is 0 Å². The zero-order chi connectivity index (χ0) is 10.8. The summed E-state index contributed by atoms with van der Waals surface area (Å²) in [6.45, 7) is 4.28. The molecule has 82 valence electrons. The van der Waals surface area contributed by atoms with Crippen LogP contribution in [0, 0.1) is 0 Å². The fraction of sp³-hybridized carbons (Fsp3) is 0.800. The van der Waals surface area contributed by atoms with Crippen molar-refractivity contribution >= 4 is 11.7 Å². The zero-order valence-corrected chi connectivity index (χ0v) is 9.18. The number of nitrogens with one attached hydrogen (secondary N) is 1.